The van der Waals surface area contributed by atoms with E-state index in [9.17, 15) is 14.4 Å². The lowest BCUT2D eigenvalue weighted by Crippen LogP contribution is -2.35. The summed E-state index contributed by atoms with van der Waals surface area (Å²) < 4.78 is 0. The second kappa shape index (κ2) is 10.4. The molecule has 6 nitrogen and oxygen atoms in total. The second-order valence-electron chi connectivity index (χ2n) is 6.38. The van der Waals surface area contributed by atoms with Crippen LogP contribution in [0.5, 0.6) is 0 Å². The zero-order chi connectivity index (χ0) is 20.6. The van der Waals surface area contributed by atoms with Gasteiger partial charge >= 0.3 is 0 Å². The quantitative estimate of drug-likeness (QED) is 0.616. The molecule has 1 aromatic carbocycles. The molecule has 0 aliphatic heterocycles. The molecule has 1 rings (SSSR count). The van der Waals surface area contributed by atoms with E-state index in [2.05, 4.69) is 5.92 Å². The number of benzene rings is 1. The van der Waals surface area contributed by atoms with Gasteiger partial charge in [-0.05, 0) is 42.9 Å². The fourth-order valence-corrected chi connectivity index (χ4v) is 3.30. The van der Waals surface area contributed by atoms with Gasteiger partial charge in [-0.3, -0.25) is 14.4 Å². The van der Waals surface area contributed by atoms with Crippen LogP contribution in [0.1, 0.15) is 82.2 Å². The van der Waals surface area contributed by atoms with Crippen molar-refractivity contribution in [2.24, 2.45) is 11.5 Å². The first-order chi connectivity index (χ1) is 12.8. The van der Waals surface area contributed by atoms with Crippen LogP contribution >= 0.6 is 0 Å². The molecule has 0 radical (unpaired) electrons. The number of hydrogen-bond donors (Lipinski definition) is 2. The van der Waals surface area contributed by atoms with Crippen molar-refractivity contribution in [3.8, 4) is 12.3 Å². The van der Waals surface area contributed by atoms with Crippen LogP contribution in [0.3, 0.4) is 0 Å². The third-order valence-electron chi connectivity index (χ3n) is 4.43. The Morgan fingerprint density at radius 2 is 1.52 bits per heavy atom. The van der Waals surface area contributed by atoms with Crippen LogP contribution in [0.15, 0.2) is 6.07 Å². The normalized spacial score (nSPS) is 10.3. The van der Waals surface area contributed by atoms with Crippen molar-refractivity contribution in [2.75, 3.05) is 13.1 Å². The van der Waals surface area contributed by atoms with Gasteiger partial charge < -0.3 is 16.4 Å². The van der Waals surface area contributed by atoms with Gasteiger partial charge in [-0.1, -0.05) is 20.8 Å². The number of carbonyl (C=O) groups excluding carboxylic acids is 3. The lowest BCUT2D eigenvalue weighted by Gasteiger charge is -2.26. The van der Waals surface area contributed by atoms with E-state index < -0.39 is 11.8 Å². The number of terminal acetylenes is 1. The summed E-state index contributed by atoms with van der Waals surface area (Å²) >= 11 is 0. The Morgan fingerprint density at radius 1 is 1.00 bits per heavy atom. The van der Waals surface area contributed by atoms with E-state index in [1.807, 2.05) is 20.8 Å². The van der Waals surface area contributed by atoms with Gasteiger partial charge in [0.15, 0.2) is 0 Å². The zero-order valence-electron chi connectivity index (χ0n) is 16.4. The van der Waals surface area contributed by atoms with E-state index in [1.54, 1.807) is 4.90 Å². The number of amides is 3. The van der Waals surface area contributed by atoms with Gasteiger partial charge in [0.25, 0.3) is 5.91 Å². The van der Waals surface area contributed by atoms with Crippen molar-refractivity contribution in [3.63, 3.8) is 0 Å². The maximum Gasteiger partial charge on any atom is 0.254 e. The number of rotatable bonds is 10. The third-order valence-corrected chi connectivity index (χ3v) is 4.43. The molecule has 0 atom stereocenters. The molecule has 0 saturated carbocycles. The Bertz CT molecular complexity index is 757. The first-order valence-electron chi connectivity index (χ1n) is 9.34. The van der Waals surface area contributed by atoms with E-state index in [0.29, 0.717) is 49.0 Å². The van der Waals surface area contributed by atoms with Crippen LogP contribution in [0.4, 0.5) is 0 Å². The fraction of sp³-hybridized carbons (Fsp3) is 0.476. The monoisotopic (exact) mass is 371 g/mol. The summed E-state index contributed by atoms with van der Waals surface area (Å²) in [5, 5.41) is 0. The van der Waals surface area contributed by atoms with Crippen LogP contribution in [-0.4, -0.2) is 35.7 Å². The lowest BCUT2D eigenvalue weighted by molar-refractivity contribution is 0.0753. The molecule has 0 heterocycles. The summed E-state index contributed by atoms with van der Waals surface area (Å²) in [5.41, 5.74) is 12.8. The number of carbonyl (C=O) groups is 3. The molecule has 0 aliphatic carbocycles. The standard InChI is InChI=1S/C21H29N3O3/c1-5-9-10-15-17(20(23)26)13-16(19(22)25)14(8-4)18(15)21(27)24(11-6-2)12-7-3/h1,13H,6-12H2,2-4H3,(H2,22,25)(H2,23,26). The van der Waals surface area contributed by atoms with Crippen molar-refractivity contribution >= 4 is 17.7 Å². The van der Waals surface area contributed by atoms with Crippen molar-refractivity contribution in [2.45, 2.75) is 52.9 Å². The highest BCUT2D eigenvalue weighted by atomic mass is 16.2. The number of nitrogens with zero attached hydrogens (tertiary/aromatic N) is 1. The number of primary amides is 2. The van der Waals surface area contributed by atoms with E-state index in [1.165, 1.54) is 6.07 Å². The third kappa shape index (κ3) is 5.10. The van der Waals surface area contributed by atoms with Crippen LogP contribution in [0, 0.1) is 12.3 Å². The maximum atomic E-state index is 13.4. The minimum absolute atomic E-state index is 0.132. The van der Waals surface area contributed by atoms with Crippen LogP contribution in [0.25, 0.3) is 0 Å². The minimum atomic E-state index is -0.709. The van der Waals surface area contributed by atoms with Gasteiger partial charge in [0.05, 0.1) is 0 Å². The Morgan fingerprint density at radius 3 is 1.93 bits per heavy atom. The highest BCUT2D eigenvalue weighted by Crippen LogP contribution is 2.27. The molecule has 0 unspecified atom stereocenters. The SMILES string of the molecule is C#CCCc1c(C(N)=O)cc(C(N)=O)c(CC)c1C(=O)N(CCC)CCC. The summed E-state index contributed by atoms with van der Waals surface area (Å²) in [6.07, 6.45) is 8.09. The first-order valence-corrected chi connectivity index (χ1v) is 9.34. The predicted octanol–water partition coefficient (Wildman–Crippen LogP) is 2.27. The van der Waals surface area contributed by atoms with Gasteiger partial charge in [-0.15, -0.1) is 12.3 Å². The summed E-state index contributed by atoms with van der Waals surface area (Å²) in [7, 11) is 0. The smallest absolute Gasteiger partial charge is 0.254 e. The molecule has 4 N–H and O–H groups in total. The topological polar surface area (TPSA) is 106 Å². The predicted molar refractivity (Wildman–Crippen MR) is 106 cm³/mol. The molecule has 6 heteroatoms. The van der Waals surface area contributed by atoms with Crippen molar-refractivity contribution in [3.05, 3.63) is 33.9 Å². The summed E-state index contributed by atoms with van der Waals surface area (Å²) in [4.78, 5) is 39.2. The largest absolute Gasteiger partial charge is 0.366 e. The molecule has 0 saturated heterocycles. The molecular formula is C21H29N3O3. The number of nitrogens with two attached hydrogens (primary N) is 2. The molecular weight excluding hydrogens is 342 g/mol. The zero-order valence-corrected chi connectivity index (χ0v) is 16.4. The van der Waals surface area contributed by atoms with Crippen molar-refractivity contribution in [1.82, 2.24) is 4.90 Å². The first kappa shape index (κ1) is 22.2. The highest BCUT2D eigenvalue weighted by Gasteiger charge is 2.28. The summed E-state index contributed by atoms with van der Waals surface area (Å²) in [5.74, 6) is 0.920. The van der Waals surface area contributed by atoms with Crippen molar-refractivity contribution < 1.29 is 14.4 Å². The fourth-order valence-electron chi connectivity index (χ4n) is 3.30. The van der Waals surface area contributed by atoms with E-state index in [4.69, 9.17) is 17.9 Å². The Labute approximate surface area is 161 Å². The second-order valence-corrected chi connectivity index (χ2v) is 6.38. The molecule has 0 aromatic heterocycles. The van der Waals surface area contributed by atoms with Gasteiger partial charge in [0.1, 0.15) is 0 Å². The Hall–Kier alpha value is -2.81. The molecule has 1 aromatic rings. The average molecular weight is 371 g/mol. The highest BCUT2D eigenvalue weighted by molar-refractivity contribution is 6.07. The Kier molecular flexibility index (Phi) is 8.53. The average Bonchev–Trinajstić information content (AvgIpc) is 2.63. The molecule has 0 spiro atoms. The molecule has 0 fully saturated rings. The molecule has 0 bridgehead atoms. The minimum Gasteiger partial charge on any atom is -0.366 e. The molecule has 3 amide bonds. The molecule has 27 heavy (non-hydrogen) atoms. The van der Waals surface area contributed by atoms with E-state index >= 15 is 0 Å². The van der Waals surface area contributed by atoms with Crippen LogP contribution in [0.2, 0.25) is 0 Å². The summed E-state index contributed by atoms with van der Waals surface area (Å²) in [6.45, 7) is 6.99. The maximum absolute atomic E-state index is 13.4. The lowest BCUT2D eigenvalue weighted by atomic mass is 9.86. The van der Waals surface area contributed by atoms with Crippen LogP contribution in [-0.2, 0) is 12.8 Å². The molecule has 146 valence electrons. The summed E-state index contributed by atoms with van der Waals surface area (Å²) in [6, 6.07) is 1.40. The molecule has 0 aliphatic rings. The van der Waals surface area contributed by atoms with E-state index in [-0.39, 0.29) is 17.0 Å². The number of hydrogen-bond acceptors (Lipinski definition) is 3. The van der Waals surface area contributed by atoms with Gasteiger partial charge in [-0.2, -0.15) is 0 Å². The van der Waals surface area contributed by atoms with E-state index in [0.717, 1.165) is 12.8 Å². The van der Waals surface area contributed by atoms with Gasteiger partial charge in [0.2, 0.25) is 11.8 Å². The Balaban J connectivity index is 3.83. The van der Waals surface area contributed by atoms with Crippen LogP contribution < -0.4 is 11.5 Å². The van der Waals surface area contributed by atoms with Gasteiger partial charge in [-0.25, -0.2) is 0 Å². The van der Waals surface area contributed by atoms with Gasteiger partial charge in [0, 0.05) is 36.2 Å². The van der Waals surface area contributed by atoms with Crippen molar-refractivity contribution in [1.29, 1.82) is 0 Å².